The molecule has 2 saturated heterocycles. The molecular weight excluding hydrogens is 354 g/mol. The van der Waals surface area contributed by atoms with E-state index >= 15 is 0 Å². The van der Waals surface area contributed by atoms with Gasteiger partial charge in [0.25, 0.3) is 0 Å². The van der Waals surface area contributed by atoms with Gasteiger partial charge in [-0.05, 0) is 37.8 Å². The van der Waals surface area contributed by atoms with Gasteiger partial charge in [-0.3, -0.25) is 14.6 Å². The molecular formula is C21H27N5O2. The van der Waals surface area contributed by atoms with Gasteiger partial charge in [0.1, 0.15) is 0 Å². The standard InChI is InChI=1S/C21H27N5O2/c27-21-18(7-4-10-26(21)17-5-2-1-3-6-17)25-13-11-24(12-14-25)15-19-22-23-20(28-19)16-8-9-16/h1-3,5-6,16,18H,4,7-15H2. The first-order valence-corrected chi connectivity index (χ1v) is 10.4. The Labute approximate surface area is 165 Å². The fourth-order valence-electron chi connectivity index (χ4n) is 4.31. The van der Waals surface area contributed by atoms with Gasteiger partial charge in [-0.15, -0.1) is 10.2 Å². The van der Waals surface area contributed by atoms with Gasteiger partial charge in [0.05, 0.1) is 12.6 Å². The first kappa shape index (κ1) is 17.8. The van der Waals surface area contributed by atoms with Crippen molar-refractivity contribution in [3.8, 4) is 0 Å². The van der Waals surface area contributed by atoms with E-state index in [0.717, 1.165) is 63.0 Å². The summed E-state index contributed by atoms with van der Waals surface area (Å²) in [4.78, 5) is 19.8. The van der Waals surface area contributed by atoms with Gasteiger partial charge >= 0.3 is 0 Å². The number of hydrogen-bond donors (Lipinski definition) is 0. The molecule has 3 heterocycles. The van der Waals surface area contributed by atoms with Crippen LogP contribution in [0.3, 0.4) is 0 Å². The molecule has 5 rings (SSSR count). The third kappa shape index (κ3) is 3.69. The molecule has 1 aromatic heterocycles. The summed E-state index contributed by atoms with van der Waals surface area (Å²) in [6, 6.07) is 10.0. The topological polar surface area (TPSA) is 65.7 Å². The Morgan fingerprint density at radius 1 is 0.964 bits per heavy atom. The van der Waals surface area contributed by atoms with E-state index < -0.39 is 0 Å². The van der Waals surface area contributed by atoms with Gasteiger partial charge in [0.15, 0.2) is 0 Å². The average Bonchev–Trinajstić information content (AvgIpc) is 3.49. The van der Waals surface area contributed by atoms with Crippen LogP contribution in [0.15, 0.2) is 34.7 Å². The van der Waals surface area contributed by atoms with Crippen LogP contribution in [-0.4, -0.2) is 64.7 Å². The Morgan fingerprint density at radius 3 is 2.50 bits per heavy atom. The second-order valence-corrected chi connectivity index (χ2v) is 8.10. The van der Waals surface area contributed by atoms with E-state index in [1.807, 2.05) is 35.2 Å². The first-order valence-electron chi connectivity index (χ1n) is 10.4. The highest BCUT2D eigenvalue weighted by Gasteiger charge is 2.35. The van der Waals surface area contributed by atoms with E-state index in [2.05, 4.69) is 20.0 Å². The number of nitrogens with zero attached hydrogens (tertiary/aromatic N) is 5. The molecule has 0 bridgehead atoms. The summed E-state index contributed by atoms with van der Waals surface area (Å²) in [5.74, 6) is 2.28. The summed E-state index contributed by atoms with van der Waals surface area (Å²) in [6.07, 6.45) is 4.36. The molecule has 1 aromatic carbocycles. The van der Waals surface area contributed by atoms with E-state index in [9.17, 15) is 4.79 Å². The molecule has 1 amide bonds. The van der Waals surface area contributed by atoms with Crippen LogP contribution < -0.4 is 4.90 Å². The maximum absolute atomic E-state index is 13.1. The second-order valence-electron chi connectivity index (χ2n) is 8.10. The number of piperazine rings is 1. The summed E-state index contributed by atoms with van der Waals surface area (Å²) in [6.45, 7) is 5.19. The van der Waals surface area contributed by atoms with Crippen molar-refractivity contribution in [1.82, 2.24) is 20.0 Å². The van der Waals surface area contributed by atoms with Crippen LogP contribution in [0.25, 0.3) is 0 Å². The molecule has 7 heteroatoms. The number of rotatable bonds is 5. The highest BCUT2D eigenvalue weighted by molar-refractivity contribution is 5.97. The van der Waals surface area contributed by atoms with E-state index in [-0.39, 0.29) is 11.9 Å². The number of piperidine rings is 1. The fourth-order valence-corrected chi connectivity index (χ4v) is 4.31. The SMILES string of the molecule is O=C1C(N2CCN(Cc3nnc(C4CC4)o3)CC2)CCCN1c1ccccc1. The number of para-hydroxylation sites is 1. The Hall–Kier alpha value is -2.25. The molecule has 0 spiro atoms. The molecule has 0 radical (unpaired) electrons. The minimum absolute atomic E-state index is 0.000907. The average molecular weight is 381 g/mol. The van der Waals surface area contributed by atoms with Crippen LogP contribution in [0.2, 0.25) is 0 Å². The van der Waals surface area contributed by atoms with Crippen LogP contribution in [0, 0.1) is 0 Å². The smallest absolute Gasteiger partial charge is 0.244 e. The monoisotopic (exact) mass is 381 g/mol. The molecule has 28 heavy (non-hydrogen) atoms. The largest absolute Gasteiger partial charge is 0.424 e. The lowest BCUT2D eigenvalue weighted by atomic mass is 10.0. The zero-order chi connectivity index (χ0) is 18.9. The Balaban J connectivity index is 1.17. The van der Waals surface area contributed by atoms with Crippen LogP contribution in [0.4, 0.5) is 5.69 Å². The third-order valence-corrected chi connectivity index (χ3v) is 6.09. The highest BCUT2D eigenvalue weighted by Crippen LogP contribution is 2.39. The molecule has 0 N–H and O–H groups in total. The van der Waals surface area contributed by atoms with E-state index in [4.69, 9.17) is 4.42 Å². The number of amides is 1. The minimum Gasteiger partial charge on any atom is -0.424 e. The van der Waals surface area contributed by atoms with Gasteiger partial charge in [-0.2, -0.15) is 0 Å². The quantitative estimate of drug-likeness (QED) is 0.792. The maximum atomic E-state index is 13.1. The minimum atomic E-state index is 0.000907. The van der Waals surface area contributed by atoms with Crippen LogP contribution >= 0.6 is 0 Å². The molecule has 3 fully saturated rings. The predicted octanol–water partition coefficient (Wildman–Crippen LogP) is 2.26. The van der Waals surface area contributed by atoms with Crippen molar-refractivity contribution < 1.29 is 9.21 Å². The Kier molecular flexibility index (Phi) is 4.86. The van der Waals surface area contributed by atoms with Gasteiger partial charge in [0, 0.05) is 44.3 Å². The first-order chi connectivity index (χ1) is 13.8. The lowest BCUT2D eigenvalue weighted by molar-refractivity contribution is -0.126. The summed E-state index contributed by atoms with van der Waals surface area (Å²) >= 11 is 0. The molecule has 1 atom stereocenters. The Bertz CT molecular complexity index is 811. The molecule has 1 unspecified atom stereocenters. The molecule has 2 aliphatic heterocycles. The number of carbonyl (C=O) groups excluding carboxylic acids is 1. The van der Waals surface area contributed by atoms with E-state index in [1.54, 1.807) is 0 Å². The van der Waals surface area contributed by atoms with Crippen LogP contribution in [0.5, 0.6) is 0 Å². The van der Waals surface area contributed by atoms with Crippen molar-refractivity contribution in [2.24, 2.45) is 0 Å². The van der Waals surface area contributed by atoms with E-state index in [1.165, 1.54) is 12.8 Å². The summed E-state index contributed by atoms with van der Waals surface area (Å²) in [7, 11) is 0. The molecule has 1 saturated carbocycles. The lowest BCUT2D eigenvalue weighted by Gasteiger charge is -2.42. The fraction of sp³-hybridized carbons (Fsp3) is 0.571. The normalized spacial score (nSPS) is 24.6. The Morgan fingerprint density at radius 2 is 1.75 bits per heavy atom. The summed E-state index contributed by atoms with van der Waals surface area (Å²) in [5, 5.41) is 8.38. The predicted molar refractivity (Wildman–Crippen MR) is 105 cm³/mol. The summed E-state index contributed by atoms with van der Waals surface area (Å²) in [5.41, 5.74) is 1.01. The van der Waals surface area contributed by atoms with Crippen molar-refractivity contribution in [2.75, 3.05) is 37.6 Å². The highest BCUT2D eigenvalue weighted by atomic mass is 16.4. The number of aromatic nitrogens is 2. The maximum Gasteiger partial charge on any atom is 0.244 e. The molecule has 2 aromatic rings. The zero-order valence-electron chi connectivity index (χ0n) is 16.2. The van der Waals surface area contributed by atoms with Gasteiger partial charge in [-0.1, -0.05) is 18.2 Å². The number of hydrogen-bond acceptors (Lipinski definition) is 6. The molecule has 3 aliphatic rings. The summed E-state index contributed by atoms with van der Waals surface area (Å²) < 4.78 is 5.80. The number of benzene rings is 1. The number of anilines is 1. The van der Waals surface area contributed by atoms with Gasteiger partial charge in [0.2, 0.25) is 17.7 Å². The van der Waals surface area contributed by atoms with Crippen molar-refractivity contribution >= 4 is 11.6 Å². The lowest BCUT2D eigenvalue weighted by Crippen LogP contribution is -2.57. The molecule has 7 nitrogen and oxygen atoms in total. The number of carbonyl (C=O) groups is 1. The van der Waals surface area contributed by atoms with E-state index in [0.29, 0.717) is 12.5 Å². The second kappa shape index (κ2) is 7.64. The van der Waals surface area contributed by atoms with Crippen molar-refractivity contribution in [3.05, 3.63) is 42.1 Å². The van der Waals surface area contributed by atoms with Crippen LogP contribution in [-0.2, 0) is 11.3 Å². The van der Waals surface area contributed by atoms with Crippen molar-refractivity contribution in [3.63, 3.8) is 0 Å². The zero-order valence-corrected chi connectivity index (χ0v) is 16.2. The molecule has 148 valence electrons. The van der Waals surface area contributed by atoms with Gasteiger partial charge in [-0.25, -0.2) is 0 Å². The van der Waals surface area contributed by atoms with Crippen molar-refractivity contribution in [2.45, 2.75) is 44.2 Å². The third-order valence-electron chi connectivity index (χ3n) is 6.09. The molecule has 1 aliphatic carbocycles. The van der Waals surface area contributed by atoms with Gasteiger partial charge < -0.3 is 9.32 Å². The van der Waals surface area contributed by atoms with Crippen LogP contribution in [0.1, 0.15) is 43.4 Å². The van der Waals surface area contributed by atoms with Crippen molar-refractivity contribution in [1.29, 1.82) is 0 Å².